The Morgan fingerprint density at radius 1 is 0.902 bits per heavy atom. The minimum absolute atomic E-state index is 0.169. The third-order valence-corrected chi connectivity index (χ3v) is 7.41. The van der Waals surface area contributed by atoms with E-state index in [1.165, 1.54) is 12.1 Å². The molecule has 1 aliphatic carbocycles. The molecule has 4 aliphatic rings. The minimum Gasteiger partial charge on any atom is -0.433 e. The van der Waals surface area contributed by atoms with Gasteiger partial charge in [-0.25, -0.2) is 26.3 Å². The van der Waals surface area contributed by atoms with Crippen LogP contribution < -0.4 is 0 Å². The molecular formula is C29H26F8O4. The molecule has 3 fully saturated rings. The molecule has 41 heavy (non-hydrogen) atoms. The molecule has 12 heteroatoms. The number of allylic oxidation sites excluding steroid dienone is 4. The van der Waals surface area contributed by atoms with Gasteiger partial charge in [-0.2, -0.15) is 8.78 Å². The van der Waals surface area contributed by atoms with Crippen molar-refractivity contribution >= 4 is 0 Å². The van der Waals surface area contributed by atoms with Crippen LogP contribution in [0.1, 0.15) is 50.2 Å². The van der Waals surface area contributed by atoms with Crippen LogP contribution in [0, 0.1) is 22.9 Å². The van der Waals surface area contributed by atoms with E-state index in [1.807, 2.05) is 0 Å². The molecule has 0 N–H and O–H groups in total. The summed E-state index contributed by atoms with van der Waals surface area (Å²) in [5, 5.41) is 0. The van der Waals surface area contributed by atoms with Gasteiger partial charge in [-0.3, -0.25) is 0 Å². The topological polar surface area (TPSA) is 36.9 Å². The van der Waals surface area contributed by atoms with Gasteiger partial charge in [0.2, 0.25) is 0 Å². The summed E-state index contributed by atoms with van der Waals surface area (Å²) < 4.78 is 136. The molecule has 1 unspecified atom stereocenters. The standard InChI is InChI=1S/C29H26F8O4/c1-2-3-4-7-27-13-38-29(39-14-27,40-15-27)17-5-6-19(20(30)10-17)16-8-21(31)25(22(32)9-16)28(36,37)41-18-11-23(33)26(35)24(34)12-18/h5-6,8-11,24H,2-4,7,12-15H2,1H3. The summed E-state index contributed by atoms with van der Waals surface area (Å²) in [5.41, 5.74) is -2.73. The predicted octanol–water partition coefficient (Wildman–Crippen LogP) is 8.37. The molecule has 222 valence electrons. The Bertz CT molecular complexity index is 1340. The van der Waals surface area contributed by atoms with E-state index in [9.17, 15) is 30.7 Å². The first-order valence-corrected chi connectivity index (χ1v) is 13.1. The van der Waals surface area contributed by atoms with Crippen LogP contribution in [0.3, 0.4) is 0 Å². The number of rotatable bonds is 9. The van der Waals surface area contributed by atoms with Crippen LogP contribution in [0.4, 0.5) is 35.1 Å². The van der Waals surface area contributed by atoms with Crippen LogP contribution in [0.15, 0.2) is 53.8 Å². The zero-order chi connectivity index (χ0) is 29.6. The van der Waals surface area contributed by atoms with E-state index in [-0.39, 0.29) is 22.6 Å². The summed E-state index contributed by atoms with van der Waals surface area (Å²) in [7, 11) is 0. The molecule has 0 radical (unpaired) electrons. The molecule has 0 aromatic heterocycles. The van der Waals surface area contributed by atoms with E-state index >= 15 is 4.39 Å². The van der Waals surface area contributed by atoms with E-state index in [2.05, 4.69) is 11.7 Å². The molecule has 3 saturated heterocycles. The second kappa shape index (κ2) is 11.0. The van der Waals surface area contributed by atoms with Crippen molar-refractivity contribution in [2.24, 2.45) is 5.41 Å². The van der Waals surface area contributed by atoms with Crippen LogP contribution in [0.25, 0.3) is 11.1 Å². The number of unbranched alkanes of at least 4 members (excludes halogenated alkanes) is 2. The van der Waals surface area contributed by atoms with Gasteiger partial charge in [0, 0.05) is 29.0 Å². The number of benzene rings is 2. The predicted molar refractivity (Wildman–Crippen MR) is 130 cm³/mol. The van der Waals surface area contributed by atoms with Gasteiger partial charge in [0.05, 0.1) is 19.8 Å². The van der Waals surface area contributed by atoms with E-state index in [1.54, 1.807) is 0 Å². The maximum Gasteiger partial charge on any atom is 0.432 e. The Hall–Kier alpha value is -2.96. The second-order valence-electron chi connectivity index (χ2n) is 10.5. The highest BCUT2D eigenvalue weighted by atomic mass is 19.3. The fourth-order valence-corrected chi connectivity index (χ4v) is 5.13. The normalized spacial score (nSPS) is 26.4. The molecule has 2 aromatic carbocycles. The van der Waals surface area contributed by atoms with Gasteiger partial charge in [-0.05, 0) is 30.2 Å². The Morgan fingerprint density at radius 2 is 1.54 bits per heavy atom. The Labute approximate surface area is 230 Å². The Balaban J connectivity index is 1.35. The van der Waals surface area contributed by atoms with Gasteiger partial charge in [-0.15, -0.1) is 0 Å². The molecule has 1 atom stereocenters. The highest BCUT2D eigenvalue weighted by Gasteiger charge is 2.53. The van der Waals surface area contributed by atoms with Crippen molar-refractivity contribution in [3.63, 3.8) is 0 Å². The highest BCUT2D eigenvalue weighted by Crippen LogP contribution is 2.47. The first-order valence-electron chi connectivity index (χ1n) is 13.1. The number of hydrogen-bond donors (Lipinski definition) is 0. The van der Waals surface area contributed by atoms with Crippen molar-refractivity contribution in [2.45, 2.75) is 57.3 Å². The highest BCUT2D eigenvalue weighted by molar-refractivity contribution is 5.65. The van der Waals surface area contributed by atoms with Crippen LogP contribution in [0.5, 0.6) is 0 Å². The first-order chi connectivity index (χ1) is 19.4. The summed E-state index contributed by atoms with van der Waals surface area (Å²) in [5.74, 6) is -10.9. The lowest BCUT2D eigenvalue weighted by Crippen LogP contribution is -2.58. The molecule has 0 saturated carbocycles. The number of alkyl halides is 3. The van der Waals surface area contributed by atoms with Crippen LogP contribution >= 0.6 is 0 Å². The fourth-order valence-electron chi connectivity index (χ4n) is 5.13. The van der Waals surface area contributed by atoms with Gasteiger partial charge < -0.3 is 18.9 Å². The smallest absolute Gasteiger partial charge is 0.432 e. The van der Waals surface area contributed by atoms with Gasteiger partial charge in [0.25, 0.3) is 0 Å². The number of fused-ring (bicyclic) bond motifs is 3. The van der Waals surface area contributed by atoms with Crippen molar-refractivity contribution in [2.75, 3.05) is 19.8 Å². The summed E-state index contributed by atoms with van der Waals surface area (Å²) in [6.07, 6.45) is -4.31. The average Bonchev–Trinajstić information content (AvgIpc) is 2.92. The van der Waals surface area contributed by atoms with E-state index in [0.717, 1.165) is 31.7 Å². The Kier molecular flexibility index (Phi) is 7.95. The first kappa shape index (κ1) is 29.5. The quantitative estimate of drug-likeness (QED) is 0.217. The van der Waals surface area contributed by atoms with Gasteiger partial charge in [-0.1, -0.05) is 38.3 Å². The van der Waals surface area contributed by atoms with Crippen molar-refractivity contribution in [1.82, 2.24) is 0 Å². The molecule has 2 aromatic rings. The summed E-state index contributed by atoms with van der Waals surface area (Å²) in [6, 6.07) is 4.49. The lowest BCUT2D eigenvalue weighted by atomic mass is 9.82. The molecule has 4 nitrogen and oxygen atoms in total. The fraction of sp³-hybridized carbons (Fsp3) is 0.448. The Morgan fingerprint density at radius 3 is 2.10 bits per heavy atom. The summed E-state index contributed by atoms with van der Waals surface area (Å²) in [6.45, 7) is 3.12. The zero-order valence-electron chi connectivity index (χ0n) is 21.9. The number of halogens is 8. The van der Waals surface area contributed by atoms with Crippen LogP contribution in [-0.4, -0.2) is 26.0 Å². The van der Waals surface area contributed by atoms with Gasteiger partial charge in [0.15, 0.2) is 17.8 Å². The van der Waals surface area contributed by atoms with Crippen molar-refractivity contribution < 1.29 is 54.1 Å². The number of ether oxygens (including phenoxy) is 4. The van der Waals surface area contributed by atoms with E-state index < -0.39 is 70.7 Å². The maximum atomic E-state index is 15.2. The molecule has 2 bridgehead atoms. The summed E-state index contributed by atoms with van der Waals surface area (Å²) >= 11 is 0. The lowest BCUT2D eigenvalue weighted by molar-refractivity contribution is -0.480. The molecule has 0 spiro atoms. The third kappa shape index (κ3) is 5.61. The molecule has 6 rings (SSSR count). The van der Waals surface area contributed by atoms with Crippen molar-refractivity contribution in [3.05, 3.63) is 82.4 Å². The second-order valence-corrected chi connectivity index (χ2v) is 10.5. The van der Waals surface area contributed by atoms with Gasteiger partial charge in [0.1, 0.15) is 28.8 Å². The SMILES string of the molecule is CCCCCC12COC(c3ccc(-c4cc(F)c(C(F)(F)OC5=CC(F)=C(F)C(F)C5)c(F)c4)c(F)c3)(OC1)OC2. The number of hydrogen-bond acceptors (Lipinski definition) is 4. The van der Waals surface area contributed by atoms with Crippen molar-refractivity contribution in [1.29, 1.82) is 0 Å². The zero-order valence-corrected chi connectivity index (χ0v) is 21.9. The molecular weight excluding hydrogens is 564 g/mol. The molecule has 3 heterocycles. The van der Waals surface area contributed by atoms with Crippen LogP contribution in [0.2, 0.25) is 0 Å². The maximum absolute atomic E-state index is 15.2. The minimum atomic E-state index is -4.73. The van der Waals surface area contributed by atoms with Crippen molar-refractivity contribution in [3.8, 4) is 11.1 Å². The van der Waals surface area contributed by atoms with E-state index in [4.69, 9.17) is 14.2 Å². The molecule has 0 amide bonds. The average molecular weight is 591 g/mol. The van der Waals surface area contributed by atoms with Crippen LogP contribution in [-0.2, 0) is 31.0 Å². The monoisotopic (exact) mass is 590 g/mol. The lowest BCUT2D eigenvalue weighted by Gasteiger charge is -2.52. The summed E-state index contributed by atoms with van der Waals surface area (Å²) in [4.78, 5) is 0. The molecule has 3 aliphatic heterocycles. The third-order valence-electron chi connectivity index (χ3n) is 7.41. The van der Waals surface area contributed by atoms with E-state index in [0.29, 0.717) is 32.0 Å². The van der Waals surface area contributed by atoms with Gasteiger partial charge >= 0.3 is 12.1 Å². The largest absolute Gasteiger partial charge is 0.433 e.